The molecule has 0 aliphatic rings. The van der Waals surface area contributed by atoms with Crippen molar-refractivity contribution in [3.05, 3.63) is 34.2 Å². The number of aromatic nitrogens is 1. The van der Waals surface area contributed by atoms with Crippen molar-refractivity contribution in [3.8, 4) is 0 Å². The van der Waals surface area contributed by atoms with Gasteiger partial charge in [-0.3, -0.25) is 9.59 Å². The summed E-state index contributed by atoms with van der Waals surface area (Å²) in [6.07, 6.45) is 1.45. The van der Waals surface area contributed by atoms with E-state index >= 15 is 0 Å². The molecule has 0 radical (unpaired) electrons. The van der Waals surface area contributed by atoms with Crippen molar-refractivity contribution >= 4 is 21.8 Å². The highest BCUT2D eigenvalue weighted by Crippen LogP contribution is 2.02. The molecule has 1 aromatic heterocycles. The van der Waals surface area contributed by atoms with E-state index in [0.29, 0.717) is 18.7 Å². The van der Waals surface area contributed by atoms with Crippen LogP contribution in [0.5, 0.6) is 0 Å². The summed E-state index contributed by atoms with van der Waals surface area (Å²) in [6, 6.07) is 2.90. The van der Waals surface area contributed by atoms with E-state index in [2.05, 4.69) is 20.9 Å². The highest BCUT2D eigenvalue weighted by atomic mass is 79.9. The standard InChI is InChI=1S/C10H13BrN2O2/c1-2-13(6-5-11)10(15)8-3-4-9(14)12-7-8/h3-4,7H,2,5-6H2,1H3,(H,12,14). The molecule has 82 valence electrons. The van der Waals surface area contributed by atoms with E-state index < -0.39 is 0 Å². The van der Waals surface area contributed by atoms with E-state index in [-0.39, 0.29) is 11.5 Å². The van der Waals surface area contributed by atoms with Crippen LogP contribution in [0.2, 0.25) is 0 Å². The van der Waals surface area contributed by atoms with Gasteiger partial charge in [-0.25, -0.2) is 0 Å². The highest BCUT2D eigenvalue weighted by molar-refractivity contribution is 9.09. The first kappa shape index (κ1) is 12.0. The maximum Gasteiger partial charge on any atom is 0.255 e. The zero-order chi connectivity index (χ0) is 11.3. The minimum Gasteiger partial charge on any atom is -0.338 e. The van der Waals surface area contributed by atoms with E-state index in [4.69, 9.17) is 0 Å². The van der Waals surface area contributed by atoms with Crippen LogP contribution < -0.4 is 5.56 Å². The number of alkyl halides is 1. The minimum atomic E-state index is -0.199. The molecule has 0 aliphatic heterocycles. The number of nitrogens with zero attached hydrogens (tertiary/aromatic N) is 1. The van der Waals surface area contributed by atoms with Gasteiger partial charge in [0.1, 0.15) is 0 Å². The van der Waals surface area contributed by atoms with Crippen LogP contribution in [0.3, 0.4) is 0 Å². The molecule has 1 amide bonds. The van der Waals surface area contributed by atoms with E-state index in [1.807, 2.05) is 6.92 Å². The average Bonchev–Trinajstić information content (AvgIpc) is 2.26. The predicted molar refractivity (Wildman–Crippen MR) is 62.4 cm³/mol. The number of carbonyl (C=O) groups is 1. The van der Waals surface area contributed by atoms with Gasteiger partial charge in [0.2, 0.25) is 5.56 Å². The second kappa shape index (κ2) is 5.70. The Labute approximate surface area is 96.4 Å². The van der Waals surface area contributed by atoms with E-state index in [1.54, 1.807) is 4.90 Å². The van der Waals surface area contributed by atoms with Crippen molar-refractivity contribution < 1.29 is 4.79 Å². The molecule has 1 N–H and O–H groups in total. The molecule has 4 nitrogen and oxygen atoms in total. The van der Waals surface area contributed by atoms with Gasteiger partial charge < -0.3 is 9.88 Å². The summed E-state index contributed by atoms with van der Waals surface area (Å²) >= 11 is 3.29. The molecule has 0 unspecified atom stereocenters. The van der Waals surface area contributed by atoms with Gasteiger partial charge >= 0.3 is 0 Å². The minimum absolute atomic E-state index is 0.0619. The molecular formula is C10H13BrN2O2. The summed E-state index contributed by atoms with van der Waals surface area (Å²) in [6.45, 7) is 3.24. The molecule has 1 heterocycles. The molecule has 1 aromatic rings. The Hall–Kier alpha value is -1.10. The molecule has 0 spiro atoms. The lowest BCUT2D eigenvalue weighted by Crippen LogP contribution is -2.32. The number of pyridine rings is 1. The Morgan fingerprint density at radius 2 is 2.27 bits per heavy atom. The van der Waals surface area contributed by atoms with Crippen molar-refractivity contribution in [1.82, 2.24) is 9.88 Å². The number of halogens is 1. The lowest BCUT2D eigenvalue weighted by molar-refractivity contribution is 0.0774. The van der Waals surface area contributed by atoms with Crippen molar-refractivity contribution in [2.24, 2.45) is 0 Å². The first-order valence-corrected chi connectivity index (χ1v) is 5.85. The molecule has 0 aliphatic carbocycles. The smallest absolute Gasteiger partial charge is 0.255 e. The molecule has 0 fully saturated rings. The van der Waals surface area contributed by atoms with Gasteiger partial charge in [-0.05, 0) is 13.0 Å². The first-order chi connectivity index (χ1) is 7.19. The molecule has 1 rings (SSSR count). The van der Waals surface area contributed by atoms with E-state index in [9.17, 15) is 9.59 Å². The molecule has 5 heteroatoms. The number of amides is 1. The third kappa shape index (κ3) is 3.20. The second-order valence-corrected chi connectivity index (χ2v) is 3.81. The van der Waals surface area contributed by atoms with Gasteiger partial charge in [0.05, 0.1) is 5.56 Å². The maximum absolute atomic E-state index is 11.9. The summed E-state index contributed by atoms with van der Waals surface area (Å²) < 4.78 is 0. The highest BCUT2D eigenvalue weighted by Gasteiger charge is 2.12. The number of carbonyl (C=O) groups excluding carboxylic acids is 1. The number of nitrogens with one attached hydrogen (secondary N) is 1. The number of rotatable bonds is 4. The van der Waals surface area contributed by atoms with Crippen molar-refractivity contribution in [3.63, 3.8) is 0 Å². The van der Waals surface area contributed by atoms with Crippen LogP contribution in [-0.2, 0) is 0 Å². The Bertz CT molecular complexity index is 369. The predicted octanol–water partition coefficient (Wildman–Crippen LogP) is 1.23. The van der Waals surface area contributed by atoms with Crippen LogP contribution in [0.25, 0.3) is 0 Å². The number of aromatic amines is 1. The van der Waals surface area contributed by atoms with Crippen molar-refractivity contribution in [1.29, 1.82) is 0 Å². The normalized spacial score (nSPS) is 10.0. The van der Waals surface area contributed by atoms with E-state index in [1.165, 1.54) is 18.3 Å². The summed E-state index contributed by atoms with van der Waals surface area (Å²) in [7, 11) is 0. The fourth-order valence-corrected chi connectivity index (χ4v) is 1.66. The van der Waals surface area contributed by atoms with Crippen LogP contribution in [0.1, 0.15) is 17.3 Å². The summed E-state index contributed by atoms with van der Waals surface area (Å²) in [5, 5.41) is 0.746. The largest absolute Gasteiger partial charge is 0.338 e. The lowest BCUT2D eigenvalue weighted by atomic mass is 10.2. The molecule has 0 saturated carbocycles. The maximum atomic E-state index is 11.9. The van der Waals surface area contributed by atoms with Gasteiger partial charge in [-0.15, -0.1) is 0 Å². The molecular weight excluding hydrogens is 260 g/mol. The Morgan fingerprint density at radius 1 is 1.53 bits per heavy atom. The van der Waals surface area contributed by atoms with Crippen LogP contribution in [0.4, 0.5) is 0 Å². The van der Waals surface area contributed by atoms with Crippen molar-refractivity contribution in [2.45, 2.75) is 6.92 Å². The van der Waals surface area contributed by atoms with Gasteiger partial charge in [0.25, 0.3) is 5.91 Å². The average molecular weight is 273 g/mol. The number of hydrogen-bond acceptors (Lipinski definition) is 2. The molecule has 0 aromatic carbocycles. The Morgan fingerprint density at radius 3 is 2.73 bits per heavy atom. The zero-order valence-electron chi connectivity index (χ0n) is 8.50. The molecule has 0 atom stereocenters. The zero-order valence-corrected chi connectivity index (χ0v) is 10.1. The third-order valence-electron chi connectivity index (χ3n) is 2.05. The van der Waals surface area contributed by atoms with Gasteiger partial charge in [-0.2, -0.15) is 0 Å². The fraction of sp³-hybridized carbons (Fsp3) is 0.400. The van der Waals surface area contributed by atoms with E-state index in [0.717, 1.165) is 5.33 Å². The molecule has 0 bridgehead atoms. The SMILES string of the molecule is CCN(CCBr)C(=O)c1ccc(=O)[nH]c1. The quantitative estimate of drug-likeness (QED) is 0.839. The summed E-state index contributed by atoms with van der Waals surface area (Å²) in [5.41, 5.74) is 0.312. The lowest BCUT2D eigenvalue weighted by Gasteiger charge is -2.19. The Balaban J connectivity index is 2.82. The van der Waals surface area contributed by atoms with Gasteiger partial charge in [0, 0.05) is 30.7 Å². The topological polar surface area (TPSA) is 53.2 Å². The van der Waals surface area contributed by atoms with Crippen LogP contribution in [-0.4, -0.2) is 34.2 Å². The van der Waals surface area contributed by atoms with Crippen molar-refractivity contribution in [2.75, 3.05) is 18.4 Å². The number of hydrogen-bond donors (Lipinski definition) is 1. The monoisotopic (exact) mass is 272 g/mol. The first-order valence-electron chi connectivity index (χ1n) is 4.73. The second-order valence-electron chi connectivity index (χ2n) is 3.02. The van der Waals surface area contributed by atoms with Gasteiger partial charge in [-0.1, -0.05) is 15.9 Å². The number of H-pyrrole nitrogens is 1. The summed E-state index contributed by atoms with van der Waals surface area (Å²) in [5.74, 6) is -0.0619. The van der Waals surface area contributed by atoms with Crippen LogP contribution in [0, 0.1) is 0 Å². The Kier molecular flexibility index (Phi) is 4.55. The molecule has 15 heavy (non-hydrogen) atoms. The third-order valence-corrected chi connectivity index (χ3v) is 2.41. The van der Waals surface area contributed by atoms with Crippen LogP contribution in [0.15, 0.2) is 23.1 Å². The molecule has 0 saturated heterocycles. The summed E-state index contributed by atoms with van der Waals surface area (Å²) in [4.78, 5) is 26.9. The van der Waals surface area contributed by atoms with Crippen LogP contribution >= 0.6 is 15.9 Å². The van der Waals surface area contributed by atoms with Gasteiger partial charge in [0.15, 0.2) is 0 Å². The fourth-order valence-electron chi connectivity index (χ4n) is 1.23.